The Bertz CT molecular complexity index is 516. The predicted octanol–water partition coefficient (Wildman–Crippen LogP) is 2.45. The molecule has 0 fully saturated rings. The molecule has 0 heterocycles. The van der Waals surface area contributed by atoms with Gasteiger partial charge in [-0.2, -0.15) is 0 Å². The van der Waals surface area contributed by atoms with Gasteiger partial charge in [-0.15, -0.1) is 5.54 Å². The number of benzene rings is 1. The van der Waals surface area contributed by atoms with Crippen LogP contribution in [0.5, 0.6) is 11.5 Å². The zero-order chi connectivity index (χ0) is 13.2. The zero-order valence-electron chi connectivity index (χ0n) is 10.5. The van der Waals surface area contributed by atoms with Crippen LogP contribution in [0.4, 0.5) is 0 Å². The molecule has 0 aliphatic heterocycles. The molecule has 0 atom stereocenters. The third-order valence-electron chi connectivity index (χ3n) is 2.26. The zero-order valence-corrected chi connectivity index (χ0v) is 11.5. The molecule has 0 aliphatic carbocycles. The minimum atomic E-state index is -1.56. The number of hydrogen-bond donors (Lipinski definition) is 2. The Morgan fingerprint density at radius 2 is 1.88 bits per heavy atom. The number of phenols is 2. The second-order valence-electron chi connectivity index (χ2n) is 4.95. The molecule has 1 aromatic carbocycles. The third kappa shape index (κ3) is 3.11. The van der Waals surface area contributed by atoms with Gasteiger partial charge >= 0.3 is 0 Å². The van der Waals surface area contributed by atoms with Crippen LogP contribution in [0.25, 0.3) is 0 Å². The first kappa shape index (κ1) is 13.3. The van der Waals surface area contributed by atoms with Gasteiger partial charge in [0.25, 0.3) is 0 Å². The van der Waals surface area contributed by atoms with E-state index in [1.54, 1.807) is 6.92 Å². The minimum Gasteiger partial charge on any atom is -0.507 e. The minimum absolute atomic E-state index is 0.0482. The Balaban J connectivity index is 3.43. The normalized spacial score (nSPS) is 10.6. The van der Waals surface area contributed by atoms with Crippen molar-refractivity contribution in [1.29, 1.82) is 0 Å². The Labute approximate surface area is 102 Å². The highest BCUT2D eigenvalue weighted by Crippen LogP contribution is 2.31. The lowest BCUT2D eigenvalue weighted by atomic mass is 10.0. The summed E-state index contributed by atoms with van der Waals surface area (Å²) < 4.78 is 0. The monoisotopic (exact) mass is 248 g/mol. The molecular formula is C13H16O3Si. The number of carbonyl (C=O) groups excluding carboxylic acids is 1. The molecule has 1 aromatic rings. The van der Waals surface area contributed by atoms with Crippen molar-refractivity contribution in [2.75, 3.05) is 0 Å². The van der Waals surface area contributed by atoms with Gasteiger partial charge in [0.1, 0.15) is 19.6 Å². The Hall–Kier alpha value is -1.73. The summed E-state index contributed by atoms with van der Waals surface area (Å²) in [6.45, 7) is 7.78. The molecule has 90 valence electrons. The number of aromatic hydroxyl groups is 2. The van der Waals surface area contributed by atoms with Crippen molar-refractivity contribution in [1.82, 2.24) is 0 Å². The van der Waals surface area contributed by atoms with Gasteiger partial charge in [-0.3, -0.25) is 4.79 Å². The Morgan fingerprint density at radius 3 is 2.35 bits per heavy atom. The van der Waals surface area contributed by atoms with Gasteiger partial charge in [-0.1, -0.05) is 25.6 Å². The standard InChI is InChI=1S/C13H16O3Si/c1-9-12(15)7-10(5-6-17(2,3)4)11(8-14)13(9)16/h7-8,15-16H,1-4H3. The van der Waals surface area contributed by atoms with E-state index in [0.717, 1.165) is 0 Å². The summed E-state index contributed by atoms with van der Waals surface area (Å²) in [5, 5.41) is 19.3. The van der Waals surface area contributed by atoms with Crippen LogP contribution in [0, 0.1) is 18.4 Å². The molecule has 1 rings (SSSR count). The molecular weight excluding hydrogens is 232 g/mol. The molecule has 0 aromatic heterocycles. The van der Waals surface area contributed by atoms with E-state index in [4.69, 9.17) is 0 Å². The van der Waals surface area contributed by atoms with E-state index in [-0.39, 0.29) is 17.1 Å². The van der Waals surface area contributed by atoms with Crippen molar-refractivity contribution < 1.29 is 15.0 Å². The van der Waals surface area contributed by atoms with Gasteiger partial charge in [0.2, 0.25) is 0 Å². The maximum absolute atomic E-state index is 10.9. The van der Waals surface area contributed by atoms with Gasteiger partial charge in [0.05, 0.1) is 5.56 Å². The maximum atomic E-state index is 10.9. The summed E-state index contributed by atoms with van der Waals surface area (Å²) in [4.78, 5) is 10.9. The lowest BCUT2D eigenvalue weighted by Crippen LogP contribution is -2.16. The molecule has 0 unspecified atom stereocenters. The summed E-state index contributed by atoms with van der Waals surface area (Å²) in [6, 6.07) is 1.42. The third-order valence-corrected chi connectivity index (χ3v) is 3.13. The van der Waals surface area contributed by atoms with Crippen molar-refractivity contribution in [2.24, 2.45) is 0 Å². The van der Waals surface area contributed by atoms with Gasteiger partial charge < -0.3 is 10.2 Å². The fourth-order valence-corrected chi connectivity index (χ4v) is 1.76. The smallest absolute Gasteiger partial charge is 0.155 e. The Morgan fingerprint density at radius 1 is 1.29 bits per heavy atom. The number of hydrogen-bond acceptors (Lipinski definition) is 3. The number of aldehydes is 1. The lowest BCUT2D eigenvalue weighted by molar-refractivity contribution is 0.112. The first-order valence-corrected chi connectivity index (χ1v) is 8.80. The van der Waals surface area contributed by atoms with Crippen molar-refractivity contribution in [3.63, 3.8) is 0 Å². The van der Waals surface area contributed by atoms with Gasteiger partial charge in [0.15, 0.2) is 6.29 Å². The average molecular weight is 248 g/mol. The summed E-state index contributed by atoms with van der Waals surface area (Å²) in [5.41, 5.74) is 3.91. The molecule has 0 bridgehead atoms. The first-order valence-electron chi connectivity index (χ1n) is 5.30. The van der Waals surface area contributed by atoms with E-state index in [0.29, 0.717) is 17.4 Å². The van der Waals surface area contributed by atoms with Crippen molar-refractivity contribution >= 4 is 14.4 Å². The predicted molar refractivity (Wildman–Crippen MR) is 70.1 cm³/mol. The van der Waals surface area contributed by atoms with E-state index >= 15 is 0 Å². The van der Waals surface area contributed by atoms with Crippen LogP contribution in [0.3, 0.4) is 0 Å². The molecule has 4 heteroatoms. The topological polar surface area (TPSA) is 57.5 Å². The molecule has 0 saturated carbocycles. The van der Waals surface area contributed by atoms with Gasteiger partial charge in [-0.25, -0.2) is 0 Å². The van der Waals surface area contributed by atoms with E-state index in [1.807, 2.05) is 0 Å². The SMILES string of the molecule is Cc1c(O)cc(C#C[Si](C)(C)C)c(C=O)c1O. The summed E-state index contributed by atoms with van der Waals surface area (Å²) in [6.07, 6.45) is 0.565. The highest BCUT2D eigenvalue weighted by molar-refractivity contribution is 6.83. The van der Waals surface area contributed by atoms with Gasteiger partial charge in [-0.05, 0) is 13.0 Å². The second kappa shape index (κ2) is 4.64. The number of phenolic OH excluding ortho intramolecular Hbond substituents is 2. The highest BCUT2D eigenvalue weighted by atomic mass is 28.3. The molecule has 3 nitrogen and oxygen atoms in total. The summed E-state index contributed by atoms with van der Waals surface area (Å²) in [5.74, 6) is 2.63. The van der Waals surface area contributed by atoms with Crippen LogP contribution in [0.15, 0.2) is 6.07 Å². The van der Waals surface area contributed by atoms with Crippen LogP contribution in [-0.4, -0.2) is 24.6 Å². The second-order valence-corrected chi connectivity index (χ2v) is 9.70. The molecule has 0 radical (unpaired) electrons. The fourth-order valence-electron chi connectivity index (χ4n) is 1.25. The van der Waals surface area contributed by atoms with E-state index < -0.39 is 8.07 Å². The first-order chi connectivity index (χ1) is 7.76. The van der Waals surface area contributed by atoms with Crippen molar-refractivity contribution in [3.8, 4) is 23.0 Å². The average Bonchev–Trinajstić information content (AvgIpc) is 2.22. The highest BCUT2D eigenvalue weighted by Gasteiger charge is 2.14. The summed E-state index contributed by atoms with van der Waals surface area (Å²) in [7, 11) is -1.56. The molecule has 0 aliphatic rings. The van der Waals surface area contributed by atoms with E-state index in [2.05, 4.69) is 31.1 Å². The quantitative estimate of drug-likeness (QED) is 0.456. The number of carbonyl (C=O) groups is 1. The van der Waals surface area contributed by atoms with Crippen molar-refractivity contribution in [2.45, 2.75) is 26.6 Å². The molecule has 17 heavy (non-hydrogen) atoms. The van der Waals surface area contributed by atoms with Gasteiger partial charge in [0, 0.05) is 11.1 Å². The van der Waals surface area contributed by atoms with Crippen LogP contribution >= 0.6 is 0 Å². The largest absolute Gasteiger partial charge is 0.507 e. The molecule has 0 saturated heterocycles. The Kier molecular flexibility index (Phi) is 3.64. The molecule has 0 amide bonds. The fraction of sp³-hybridized carbons (Fsp3) is 0.308. The van der Waals surface area contributed by atoms with Crippen LogP contribution in [0.2, 0.25) is 19.6 Å². The number of rotatable bonds is 1. The molecule has 0 spiro atoms. The van der Waals surface area contributed by atoms with E-state index in [1.165, 1.54) is 6.07 Å². The van der Waals surface area contributed by atoms with Crippen molar-refractivity contribution in [3.05, 3.63) is 22.8 Å². The summed E-state index contributed by atoms with van der Waals surface area (Å²) >= 11 is 0. The molecule has 2 N–H and O–H groups in total. The lowest BCUT2D eigenvalue weighted by Gasteiger charge is -2.08. The van der Waals surface area contributed by atoms with E-state index in [9.17, 15) is 15.0 Å². The van der Waals surface area contributed by atoms with Crippen LogP contribution in [0.1, 0.15) is 21.5 Å². The van der Waals surface area contributed by atoms with Crippen LogP contribution < -0.4 is 0 Å². The van der Waals surface area contributed by atoms with Crippen LogP contribution in [-0.2, 0) is 0 Å². The maximum Gasteiger partial charge on any atom is 0.155 e.